The van der Waals surface area contributed by atoms with E-state index >= 15 is 0 Å². The summed E-state index contributed by atoms with van der Waals surface area (Å²) in [6, 6.07) is 3.92. The van der Waals surface area contributed by atoms with Crippen molar-refractivity contribution in [1.29, 1.82) is 5.26 Å². The van der Waals surface area contributed by atoms with Crippen molar-refractivity contribution in [3.8, 4) is 11.8 Å². The topological polar surface area (TPSA) is 78.8 Å². The van der Waals surface area contributed by atoms with Crippen LogP contribution in [0.5, 0.6) is 5.75 Å². The molecule has 0 bridgehead atoms. The molecule has 1 fully saturated rings. The van der Waals surface area contributed by atoms with Crippen LogP contribution in [-0.2, 0) is 11.2 Å². The van der Waals surface area contributed by atoms with E-state index in [1.807, 2.05) is 18.3 Å². The molecule has 0 spiro atoms. The van der Waals surface area contributed by atoms with Gasteiger partial charge in [-0.3, -0.25) is 4.79 Å². The number of carbonyl (C=O) groups is 1. The van der Waals surface area contributed by atoms with Crippen LogP contribution in [0.3, 0.4) is 0 Å². The van der Waals surface area contributed by atoms with Crippen LogP contribution in [0.25, 0.3) is 11.0 Å². The Kier molecular flexibility index (Phi) is 4.42. The summed E-state index contributed by atoms with van der Waals surface area (Å²) < 4.78 is 5.99. The number of hydrogen-bond donors (Lipinski definition) is 1. The molecule has 5 nitrogen and oxygen atoms in total. The Balaban J connectivity index is 1.83. The number of nitriles is 1. The maximum atomic E-state index is 11.3. The lowest BCUT2D eigenvalue weighted by molar-refractivity contribution is -0.113. The minimum absolute atomic E-state index is 0.186. The van der Waals surface area contributed by atoms with Crippen LogP contribution in [0, 0.1) is 11.3 Å². The Morgan fingerprint density at radius 1 is 1.52 bits per heavy atom. The molecule has 23 heavy (non-hydrogen) atoms. The third-order valence-corrected chi connectivity index (χ3v) is 4.22. The molecule has 5 heteroatoms. The second kappa shape index (κ2) is 6.66. The summed E-state index contributed by atoms with van der Waals surface area (Å²) in [5.41, 5.74) is 1.97. The Morgan fingerprint density at radius 2 is 2.30 bits per heavy atom. The molecule has 0 aromatic carbocycles. The van der Waals surface area contributed by atoms with Crippen LogP contribution in [-0.4, -0.2) is 21.9 Å². The summed E-state index contributed by atoms with van der Waals surface area (Å²) in [6.45, 7) is 1.40. The molecule has 3 rings (SSSR count). The molecule has 2 aromatic rings. The molecule has 1 N–H and O–H groups in total. The van der Waals surface area contributed by atoms with Crippen molar-refractivity contribution in [3.63, 3.8) is 0 Å². The molecule has 0 amide bonds. The number of allylic oxidation sites excluding steroid dienone is 2. The number of nitrogens with zero attached hydrogens (tertiary/aromatic N) is 2. The predicted molar refractivity (Wildman–Crippen MR) is 87.1 cm³/mol. The zero-order chi connectivity index (χ0) is 16.2. The number of ether oxygens (including phenoxy) is 1. The maximum absolute atomic E-state index is 11.3. The van der Waals surface area contributed by atoms with Crippen LogP contribution >= 0.6 is 0 Å². The van der Waals surface area contributed by atoms with Crippen LogP contribution < -0.4 is 4.74 Å². The molecule has 2 heterocycles. The number of Topliss-reactive ketones (excluding diaryl/α,β-unsaturated/α-hetero) is 1. The van der Waals surface area contributed by atoms with Gasteiger partial charge in [0.1, 0.15) is 17.5 Å². The number of hydrogen-bond acceptors (Lipinski definition) is 4. The number of nitrogens with one attached hydrogen (secondary N) is 1. The van der Waals surface area contributed by atoms with Gasteiger partial charge in [0, 0.05) is 11.6 Å². The third-order valence-electron chi connectivity index (χ3n) is 4.22. The van der Waals surface area contributed by atoms with Gasteiger partial charge in [-0.2, -0.15) is 5.26 Å². The second-order valence-electron chi connectivity index (χ2n) is 5.90. The summed E-state index contributed by atoms with van der Waals surface area (Å²) in [5, 5.41) is 9.93. The van der Waals surface area contributed by atoms with Gasteiger partial charge in [0.2, 0.25) is 0 Å². The summed E-state index contributed by atoms with van der Waals surface area (Å²) in [6.07, 6.45) is 10.7. The molecule has 2 aromatic heterocycles. The van der Waals surface area contributed by atoms with E-state index in [0.717, 1.165) is 35.2 Å². The predicted octanol–water partition coefficient (Wildman–Crippen LogP) is 3.47. The van der Waals surface area contributed by atoms with Crippen molar-refractivity contribution >= 4 is 16.8 Å². The highest BCUT2D eigenvalue weighted by atomic mass is 16.5. The molecular formula is C18H19N3O2. The molecule has 0 saturated heterocycles. The quantitative estimate of drug-likeness (QED) is 0.677. The molecule has 0 aliphatic heterocycles. The standard InChI is InChI=1S/C18H19N3O2/c1-12(22)13(9-19)6-7-14-10-20-18-17(14)8-16(11-21-18)23-15-4-2-3-5-15/h6,8,10-11,15H,2-5,7H2,1H3,(H,20,21)/b13-6+. The summed E-state index contributed by atoms with van der Waals surface area (Å²) >= 11 is 0. The van der Waals surface area contributed by atoms with E-state index in [0.29, 0.717) is 12.5 Å². The van der Waals surface area contributed by atoms with E-state index < -0.39 is 0 Å². The Morgan fingerprint density at radius 3 is 3.00 bits per heavy atom. The minimum Gasteiger partial charge on any atom is -0.489 e. The first-order valence-corrected chi connectivity index (χ1v) is 7.91. The molecule has 1 aliphatic rings. The fourth-order valence-electron chi connectivity index (χ4n) is 2.95. The number of ketones is 1. The molecule has 0 atom stereocenters. The van der Waals surface area contributed by atoms with Gasteiger partial charge in [0.05, 0.1) is 17.9 Å². The van der Waals surface area contributed by atoms with Crippen molar-refractivity contribution < 1.29 is 9.53 Å². The van der Waals surface area contributed by atoms with Crippen molar-refractivity contribution in [2.24, 2.45) is 0 Å². The first-order chi connectivity index (χ1) is 11.2. The van der Waals surface area contributed by atoms with Crippen molar-refractivity contribution in [2.75, 3.05) is 0 Å². The van der Waals surface area contributed by atoms with E-state index in [1.165, 1.54) is 19.8 Å². The van der Waals surface area contributed by atoms with Crippen LogP contribution in [0.4, 0.5) is 0 Å². The second-order valence-corrected chi connectivity index (χ2v) is 5.90. The third kappa shape index (κ3) is 3.42. The lowest BCUT2D eigenvalue weighted by Gasteiger charge is -2.12. The number of fused-ring (bicyclic) bond motifs is 1. The SMILES string of the molecule is CC(=O)/C(C#N)=C/Cc1c[nH]c2ncc(OC3CCCC3)cc12. The normalized spacial score (nSPS) is 15.7. The summed E-state index contributed by atoms with van der Waals surface area (Å²) in [4.78, 5) is 18.8. The molecule has 0 radical (unpaired) electrons. The van der Waals surface area contributed by atoms with E-state index in [1.54, 1.807) is 12.3 Å². The highest BCUT2D eigenvalue weighted by Gasteiger charge is 2.17. The smallest absolute Gasteiger partial charge is 0.169 e. The first kappa shape index (κ1) is 15.3. The van der Waals surface area contributed by atoms with Crippen LogP contribution in [0.2, 0.25) is 0 Å². The highest BCUT2D eigenvalue weighted by molar-refractivity contribution is 5.97. The van der Waals surface area contributed by atoms with Crippen LogP contribution in [0.1, 0.15) is 38.2 Å². The van der Waals surface area contributed by atoms with Crippen LogP contribution in [0.15, 0.2) is 30.1 Å². The number of aromatic nitrogens is 2. The number of H-pyrrole nitrogens is 1. The molecule has 118 valence electrons. The van der Waals surface area contributed by atoms with E-state index in [9.17, 15) is 4.79 Å². The number of rotatable bonds is 5. The average Bonchev–Trinajstić information content (AvgIpc) is 3.17. The fraction of sp³-hybridized carbons (Fsp3) is 0.389. The molecular weight excluding hydrogens is 290 g/mol. The lowest BCUT2D eigenvalue weighted by atomic mass is 10.1. The monoisotopic (exact) mass is 309 g/mol. The Hall–Kier alpha value is -2.61. The number of carbonyl (C=O) groups excluding carboxylic acids is 1. The fourth-order valence-corrected chi connectivity index (χ4v) is 2.95. The first-order valence-electron chi connectivity index (χ1n) is 7.91. The lowest BCUT2D eigenvalue weighted by Crippen LogP contribution is -2.10. The van der Waals surface area contributed by atoms with E-state index in [2.05, 4.69) is 9.97 Å². The van der Waals surface area contributed by atoms with Gasteiger partial charge in [-0.15, -0.1) is 0 Å². The Labute approximate surface area is 135 Å². The Bertz CT molecular complexity index is 792. The van der Waals surface area contributed by atoms with Gasteiger partial charge in [0.25, 0.3) is 0 Å². The van der Waals surface area contributed by atoms with Gasteiger partial charge < -0.3 is 9.72 Å². The van der Waals surface area contributed by atoms with Crippen molar-refractivity contribution in [2.45, 2.75) is 45.1 Å². The van der Waals surface area contributed by atoms with Gasteiger partial charge in [-0.1, -0.05) is 6.08 Å². The van der Waals surface area contributed by atoms with Gasteiger partial charge in [-0.25, -0.2) is 4.98 Å². The van der Waals surface area contributed by atoms with Gasteiger partial charge >= 0.3 is 0 Å². The highest BCUT2D eigenvalue weighted by Crippen LogP contribution is 2.27. The minimum atomic E-state index is -0.212. The van der Waals surface area contributed by atoms with E-state index in [4.69, 9.17) is 10.00 Å². The molecule has 1 aliphatic carbocycles. The zero-order valence-electron chi connectivity index (χ0n) is 13.1. The maximum Gasteiger partial charge on any atom is 0.169 e. The van der Waals surface area contributed by atoms with Gasteiger partial charge in [0.15, 0.2) is 5.78 Å². The number of pyridine rings is 1. The largest absolute Gasteiger partial charge is 0.489 e. The molecule has 1 saturated carbocycles. The van der Waals surface area contributed by atoms with Gasteiger partial charge in [-0.05, 0) is 50.7 Å². The zero-order valence-corrected chi connectivity index (χ0v) is 13.1. The molecule has 0 unspecified atom stereocenters. The average molecular weight is 309 g/mol. The van der Waals surface area contributed by atoms with Crippen molar-refractivity contribution in [1.82, 2.24) is 9.97 Å². The summed E-state index contributed by atoms with van der Waals surface area (Å²) in [7, 11) is 0. The van der Waals surface area contributed by atoms with E-state index in [-0.39, 0.29) is 11.4 Å². The number of aromatic amines is 1. The van der Waals surface area contributed by atoms with Crippen molar-refractivity contribution in [3.05, 3.63) is 35.7 Å². The summed E-state index contributed by atoms with van der Waals surface area (Å²) in [5.74, 6) is 0.567.